The van der Waals surface area contributed by atoms with E-state index < -0.39 is 0 Å². The first kappa shape index (κ1) is 22.2. The minimum atomic E-state index is 0. The number of ether oxygens (including phenoxy) is 1. The van der Waals surface area contributed by atoms with E-state index in [2.05, 4.69) is 5.32 Å². The molecule has 0 amide bonds. The number of amidine groups is 1. The standard InChI is InChI=1S/C21H18N4OS3.ClH/c1-27-20-16(11-18(29-20)19(22)23)17-12-28-21(25-17)24-13-7-9-15(10-8-13)26-14-5-3-2-4-6-14;/h2-12H,1H3,(H3,22,23)(H,24,25);1H. The largest absolute Gasteiger partial charge is 0.457 e. The highest BCUT2D eigenvalue weighted by Crippen LogP contribution is 2.39. The lowest BCUT2D eigenvalue weighted by Gasteiger charge is -2.07. The predicted molar refractivity (Wildman–Crippen MR) is 132 cm³/mol. The second-order valence-electron chi connectivity index (χ2n) is 6.03. The Labute approximate surface area is 193 Å². The minimum absolute atomic E-state index is 0. The van der Waals surface area contributed by atoms with Gasteiger partial charge in [-0.15, -0.1) is 46.8 Å². The number of rotatable bonds is 7. The number of nitrogens with one attached hydrogen (secondary N) is 2. The Kier molecular flexibility index (Phi) is 7.38. The molecule has 0 aliphatic heterocycles. The maximum atomic E-state index is 7.66. The fourth-order valence-electron chi connectivity index (χ4n) is 2.65. The van der Waals surface area contributed by atoms with E-state index in [0.717, 1.165) is 42.7 Å². The van der Waals surface area contributed by atoms with Crippen molar-refractivity contribution in [3.63, 3.8) is 0 Å². The van der Waals surface area contributed by atoms with Gasteiger partial charge in [0.15, 0.2) is 5.13 Å². The second kappa shape index (κ2) is 9.99. The lowest BCUT2D eigenvalue weighted by atomic mass is 10.2. The number of nitrogens with zero attached hydrogens (tertiary/aromatic N) is 1. The summed E-state index contributed by atoms with van der Waals surface area (Å²) >= 11 is 4.70. The molecule has 2 aromatic heterocycles. The van der Waals surface area contributed by atoms with Crippen LogP contribution in [0.5, 0.6) is 11.5 Å². The highest BCUT2D eigenvalue weighted by molar-refractivity contribution is 8.00. The first-order chi connectivity index (χ1) is 14.1. The van der Waals surface area contributed by atoms with Crippen molar-refractivity contribution in [2.75, 3.05) is 11.6 Å². The van der Waals surface area contributed by atoms with Crippen molar-refractivity contribution in [3.05, 3.63) is 70.9 Å². The molecule has 154 valence electrons. The van der Waals surface area contributed by atoms with Crippen molar-refractivity contribution in [2.24, 2.45) is 5.73 Å². The Hall–Kier alpha value is -2.52. The molecular formula is C21H19ClN4OS3. The Morgan fingerprint density at radius 1 is 1.10 bits per heavy atom. The molecule has 0 atom stereocenters. The van der Waals surface area contributed by atoms with Crippen LogP contribution in [0.4, 0.5) is 10.8 Å². The number of benzene rings is 2. The van der Waals surface area contributed by atoms with Crippen LogP contribution in [0.1, 0.15) is 4.88 Å². The van der Waals surface area contributed by atoms with Gasteiger partial charge >= 0.3 is 0 Å². The van der Waals surface area contributed by atoms with Crippen LogP contribution in [0.2, 0.25) is 0 Å². The molecule has 0 saturated heterocycles. The van der Waals surface area contributed by atoms with Gasteiger partial charge in [0.05, 0.1) is 14.8 Å². The third kappa shape index (κ3) is 5.14. The first-order valence-corrected chi connectivity index (χ1v) is 11.6. The first-order valence-electron chi connectivity index (χ1n) is 8.70. The van der Waals surface area contributed by atoms with Crippen LogP contribution in [0.3, 0.4) is 0 Å². The van der Waals surface area contributed by atoms with Crippen molar-refractivity contribution in [1.29, 1.82) is 5.41 Å². The summed E-state index contributed by atoms with van der Waals surface area (Å²) in [5.41, 5.74) is 8.48. The lowest BCUT2D eigenvalue weighted by molar-refractivity contribution is 0.483. The number of hydrogen-bond donors (Lipinski definition) is 3. The Balaban J connectivity index is 0.00000256. The highest BCUT2D eigenvalue weighted by atomic mass is 35.5. The van der Waals surface area contributed by atoms with E-state index in [4.69, 9.17) is 20.9 Å². The molecule has 9 heteroatoms. The molecule has 0 spiro atoms. The summed E-state index contributed by atoms with van der Waals surface area (Å²) in [6, 6.07) is 19.4. The number of nitrogens with two attached hydrogens (primary N) is 1. The summed E-state index contributed by atoms with van der Waals surface area (Å²) in [4.78, 5) is 5.47. The fraction of sp³-hybridized carbons (Fsp3) is 0.0476. The molecule has 0 aliphatic rings. The Morgan fingerprint density at radius 2 is 1.80 bits per heavy atom. The maximum absolute atomic E-state index is 7.66. The van der Waals surface area contributed by atoms with Crippen LogP contribution in [0.25, 0.3) is 11.3 Å². The van der Waals surface area contributed by atoms with Gasteiger partial charge < -0.3 is 15.8 Å². The van der Waals surface area contributed by atoms with Gasteiger partial charge in [0.25, 0.3) is 0 Å². The number of nitrogen functional groups attached to an aromatic ring is 1. The fourth-order valence-corrected chi connectivity index (χ4v) is 5.12. The molecule has 0 unspecified atom stereocenters. The van der Waals surface area contributed by atoms with Crippen molar-refractivity contribution in [1.82, 2.24) is 4.98 Å². The van der Waals surface area contributed by atoms with Gasteiger partial charge in [0.1, 0.15) is 17.3 Å². The molecule has 0 radical (unpaired) electrons. The van der Waals surface area contributed by atoms with Crippen molar-refractivity contribution >= 4 is 63.5 Å². The number of hydrogen-bond acceptors (Lipinski definition) is 7. The van der Waals surface area contributed by atoms with Crippen molar-refractivity contribution in [2.45, 2.75) is 4.21 Å². The molecule has 0 saturated carbocycles. The smallest absolute Gasteiger partial charge is 0.187 e. The van der Waals surface area contributed by atoms with E-state index in [1.807, 2.05) is 72.3 Å². The van der Waals surface area contributed by atoms with Gasteiger partial charge in [-0.3, -0.25) is 5.41 Å². The van der Waals surface area contributed by atoms with E-state index in [1.165, 1.54) is 22.7 Å². The third-order valence-corrected chi connectivity index (χ3v) is 7.07. The van der Waals surface area contributed by atoms with Gasteiger partial charge in [-0.1, -0.05) is 18.2 Å². The molecule has 4 aromatic rings. The molecule has 4 rings (SSSR count). The summed E-state index contributed by atoms with van der Waals surface area (Å²) in [5.74, 6) is 1.67. The molecule has 0 bridgehead atoms. The van der Waals surface area contributed by atoms with E-state index >= 15 is 0 Å². The second-order valence-corrected chi connectivity index (χ2v) is 9.02. The zero-order chi connectivity index (χ0) is 20.2. The maximum Gasteiger partial charge on any atom is 0.187 e. The summed E-state index contributed by atoms with van der Waals surface area (Å²) in [6.07, 6.45) is 2.02. The molecule has 2 heterocycles. The topological polar surface area (TPSA) is 84.0 Å². The Bertz CT molecular complexity index is 1130. The quantitative estimate of drug-likeness (QED) is 0.155. The zero-order valence-electron chi connectivity index (χ0n) is 15.9. The Morgan fingerprint density at radius 3 is 2.47 bits per heavy atom. The summed E-state index contributed by atoms with van der Waals surface area (Å²) in [5, 5.41) is 13.8. The van der Waals surface area contributed by atoms with Gasteiger partial charge in [0, 0.05) is 16.6 Å². The SMILES string of the molecule is CSc1sc(C(=N)N)cc1-c1csc(Nc2ccc(Oc3ccccc3)cc2)n1.Cl. The molecule has 30 heavy (non-hydrogen) atoms. The summed E-state index contributed by atoms with van der Waals surface area (Å²) in [6.45, 7) is 0. The van der Waals surface area contributed by atoms with E-state index in [9.17, 15) is 0 Å². The summed E-state index contributed by atoms with van der Waals surface area (Å²) in [7, 11) is 0. The van der Waals surface area contributed by atoms with Crippen LogP contribution < -0.4 is 15.8 Å². The molecule has 0 fully saturated rings. The zero-order valence-corrected chi connectivity index (χ0v) is 19.2. The van der Waals surface area contributed by atoms with Gasteiger partial charge in [-0.05, 0) is 48.7 Å². The van der Waals surface area contributed by atoms with E-state index in [-0.39, 0.29) is 18.2 Å². The number of halogens is 1. The average molecular weight is 475 g/mol. The van der Waals surface area contributed by atoms with E-state index in [1.54, 1.807) is 11.8 Å². The number of thiazole rings is 1. The number of anilines is 2. The number of para-hydroxylation sites is 1. The van der Waals surface area contributed by atoms with Crippen LogP contribution >= 0.6 is 46.8 Å². The number of thiophene rings is 1. The van der Waals surface area contributed by atoms with Gasteiger partial charge in [0.2, 0.25) is 0 Å². The minimum Gasteiger partial charge on any atom is -0.457 e. The number of aromatic nitrogens is 1. The van der Waals surface area contributed by atoms with Gasteiger partial charge in [-0.25, -0.2) is 4.98 Å². The van der Waals surface area contributed by atoms with Crippen LogP contribution in [-0.4, -0.2) is 17.1 Å². The molecule has 0 aliphatic carbocycles. The lowest BCUT2D eigenvalue weighted by Crippen LogP contribution is -2.08. The normalized spacial score (nSPS) is 10.3. The monoisotopic (exact) mass is 474 g/mol. The van der Waals surface area contributed by atoms with Crippen molar-refractivity contribution < 1.29 is 4.74 Å². The molecular weight excluding hydrogens is 456 g/mol. The number of thioether (sulfide) groups is 1. The average Bonchev–Trinajstić information content (AvgIpc) is 3.37. The third-order valence-electron chi connectivity index (χ3n) is 4.01. The highest BCUT2D eigenvalue weighted by Gasteiger charge is 2.15. The predicted octanol–water partition coefficient (Wildman–Crippen LogP) is 6.84. The molecule has 5 nitrogen and oxygen atoms in total. The van der Waals surface area contributed by atoms with Crippen molar-refractivity contribution in [3.8, 4) is 22.8 Å². The van der Waals surface area contributed by atoms with Gasteiger partial charge in [-0.2, -0.15) is 0 Å². The molecule has 4 N–H and O–H groups in total. The van der Waals surface area contributed by atoms with Crippen LogP contribution in [0, 0.1) is 5.41 Å². The van der Waals surface area contributed by atoms with Crippen LogP contribution in [0.15, 0.2) is 70.3 Å². The van der Waals surface area contributed by atoms with E-state index in [0.29, 0.717) is 0 Å². The summed E-state index contributed by atoms with van der Waals surface area (Å²) < 4.78 is 6.93. The molecule has 2 aromatic carbocycles. The van der Waals surface area contributed by atoms with Crippen LogP contribution in [-0.2, 0) is 0 Å².